The third kappa shape index (κ3) is 13.0. The van der Waals surface area contributed by atoms with Crippen LogP contribution in [0.2, 0.25) is 0 Å². The van der Waals surface area contributed by atoms with Gasteiger partial charge in [-0.3, -0.25) is 0 Å². The number of rotatable bonds is 19. The normalized spacial score (nSPS) is 12.0. The minimum Gasteiger partial charge on any atom is -0.412 e. The van der Waals surface area contributed by atoms with Crippen molar-refractivity contribution in [1.82, 2.24) is 0 Å². The molecule has 0 amide bonds. The molecule has 1 atom stereocenters. The summed E-state index contributed by atoms with van der Waals surface area (Å²) in [6, 6.07) is 21.8. The van der Waals surface area contributed by atoms with E-state index < -0.39 is 0 Å². The Bertz CT molecular complexity index is 618. The molecule has 0 fully saturated rings. The topological polar surface area (TPSA) is 57.5 Å². The molecule has 0 aliphatic carbocycles. The van der Waals surface area contributed by atoms with Gasteiger partial charge in [0.05, 0.1) is 0 Å². The van der Waals surface area contributed by atoms with Crippen LogP contribution in [0.1, 0.15) is 127 Å². The van der Waals surface area contributed by atoms with E-state index >= 15 is 0 Å². The first-order valence-corrected chi connectivity index (χ1v) is 13.7. The van der Waals surface area contributed by atoms with Crippen LogP contribution in [0.25, 0.3) is 0 Å². The summed E-state index contributed by atoms with van der Waals surface area (Å²) >= 11 is 0. The van der Waals surface area contributed by atoms with Crippen LogP contribution in [0.3, 0.4) is 0 Å². The number of hydrogen-bond donors (Lipinski definition) is 1. The van der Waals surface area contributed by atoms with Gasteiger partial charge in [0.25, 0.3) is 0 Å². The SMILES string of the molecule is CCCCCCCCCCCCCCCCCC(N)C(c1ccccc1)c1ccccc1.O. The van der Waals surface area contributed by atoms with Crippen molar-refractivity contribution in [2.75, 3.05) is 0 Å². The summed E-state index contributed by atoms with van der Waals surface area (Å²) in [5.74, 6) is 0.295. The highest BCUT2D eigenvalue weighted by Gasteiger charge is 2.21. The average molecular weight is 454 g/mol. The van der Waals surface area contributed by atoms with Crippen LogP contribution in [0.5, 0.6) is 0 Å². The third-order valence-electron chi connectivity index (χ3n) is 6.89. The molecule has 2 aromatic rings. The first-order chi connectivity index (χ1) is 15.8. The number of unbranched alkanes of at least 4 members (excludes halogenated alkanes) is 14. The summed E-state index contributed by atoms with van der Waals surface area (Å²) < 4.78 is 0. The molecule has 0 bridgehead atoms. The molecular formula is C31H51NO. The lowest BCUT2D eigenvalue weighted by Crippen LogP contribution is -2.29. The van der Waals surface area contributed by atoms with Gasteiger partial charge in [-0.05, 0) is 17.5 Å². The molecule has 0 radical (unpaired) electrons. The van der Waals surface area contributed by atoms with E-state index in [9.17, 15) is 0 Å². The van der Waals surface area contributed by atoms with Gasteiger partial charge in [-0.15, -0.1) is 0 Å². The van der Waals surface area contributed by atoms with Gasteiger partial charge < -0.3 is 11.2 Å². The molecule has 0 aliphatic rings. The molecule has 0 aliphatic heterocycles. The lowest BCUT2D eigenvalue weighted by molar-refractivity contribution is 0.494. The van der Waals surface area contributed by atoms with Crippen molar-refractivity contribution in [3.63, 3.8) is 0 Å². The molecule has 0 saturated carbocycles. The van der Waals surface area contributed by atoms with E-state index in [0.717, 1.165) is 6.42 Å². The van der Waals surface area contributed by atoms with Crippen molar-refractivity contribution < 1.29 is 5.48 Å². The Kier molecular flexibility index (Phi) is 17.6. The third-order valence-corrected chi connectivity index (χ3v) is 6.89. The fraction of sp³-hybridized carbons (Fsp3) is 0.613. The van der Waals surface area contributed by atoms with Crippen LogP contribution >= 0.6 is 0 Å². The second-order valence-corrected chi connectivity index (χ2v) is 9.70. The zero-order chi connectivity index (χ0) is 22.7. The second kappa shape index (κ2) is 19.8. The van der Waals surface area contributed by atoms with Crippen LogP contribution in [-0.4, -0.2) is 11.5 Å². The Morgan fingerprint density at radius 1 is 0.515 bits per heavy atom. The quantitative estimate of drug-likeness (QED) is 0.213. The monoisotopic (exact) mass is 453 g/mol. The van der Waals surface area contributed by atoms with Gasteiger partial charge in [-0.1, -0.05) is 164 Å². The van der Waals surface area contributed by atoms with Crippen molar-refractivity contribution in [3.8, 4) is 0 Å². The summed E-state index contributed by atoms with van der Waals surface area (Å²) in [6.45, 7) is 2.29. The molecule has 2 heteroatoms. The fourth-order valence-electron chi connectivity index (χ4n) is 4.93. The van der Waals surface area contributed by atoms with E-state index in [1.165, 1.54) is 107 Å². The maximum atomic E-state index is 6.74. The molecular weight excluding hydrogens is 402 g/mol. The van der Waals surface area contributed by atoms with Gasteiger partial charge in [-0.25, -0.2) is 0 Å². The Balaban J connectivity index is 0.00000544. The highest BCUT2D eigenvalue weighted by atomic mass is 16.0. The van der Waals surface area contributed by atoms with E-state index in [-0.39, 0.29) is 11.5 Å². The molecule has 2 aromatic carbocycles. The predicted octanol–water partition coefficient (Wildman–Crippen LogP) is 8.58. The Morgan fingerprint density at radius 2 is 0.848 bits per heavy atom. The molecule has 0 aromatic heterocycles. The van der Waals surface area contributed by atoms with Crippen molar-refractivity contribution >= 4 is 0 Å². The predicted molar refractivity (Wildman–Crippen MR) is 146 cm³/mol. The molecule has 2 rings (SSSR count). The van der Waals surface area contributed by atoms with Crippen LogP contribution in [0.15, 0.2) is 60.7 Å². The van der Waals surface area contributed by atoms with Crippen LogP contribution < -0.4 is 5.73 Å². The summed E-state index contributed by atoms with van der Waals surface area (Å²) in [4.78, 5) is 0. The van der Waals surface area contributed by atoms with Gasteiger partial charge in [0.1, 0.15) is 0 Å². The first-order valence-electron chi connectivity index (χ1n) is 13.7. The van der Waals surface area contributed by atoms with Gasteiger partial charge in [0.15, 0.2) is 0 Å². The second-order valence-electron chi connectivity index (χ2n) is 9.70. The van der Waals surface area contributed by atoms with Gasteiger partial charge in [0, 0.05) is 12.0 Å². The molecule has 186 valence electrons. The smallest absolute Gasteiger partial charge is 0.0241 e. The fourth-order valence-corrected chi connectivity index (χ4v) is 4.93. The van der Waals surface area contributed by atoms with Gasteiger partial charge in [0.2, 0.25) is 0 Å². The number of hydrogen-bond acceptors (Lipinski definition) is 1. The van der Waals surface area contributed by atoms with Gasteiger partial charge in [-0.2, -0.15) is 0 Å². The molecule has 0 heterocycles. The first kappa shape index (κ1) is 29.4. The van der Waals surface area contributed by atoms with E-state index in [4.69, 9.17) is 5.73 Å². The number of nitrogens with two attached hydrogens (primary N) is 1. The van der Waals surface area contributed by atoms with Crippen molar-refractivity contribution in [1.29, 1.82) is 0 Å². The highest BCUT2D eigenvalue weighted by molar-refractivity contribution is 5.34. The molecule has 0 saturated heterocycles. The zero-order valence-electron chi connectivity index (χ0n) is 21.3. The minimum atomic E-state index is 0. The van der Waals surface area contributed by atoms with E-state index in [0.29, 0.717) is 5.92 Å². The summed E-state index contributed by atoms with van der Waals surface area (Å²) in [5, 5.41) is 0. The van der Waals surface area contributed by atoms with Crippen LogP contribution in [0.4, 0.5) is 0 Å². The van der Waals surface area contributed by atoms with Crippen molar-refractivity contribution in [3.05, 3.63) is 71.8 Å². The summed E-state index contributed by atoms with van der Waals surface area (Å²) in [6.07, 6.45) is 22.2. The highest BCUT2D eigenvalue weighted by Crippen LogP contribution is 2.29. The number of benzene rings is 2. The molecule has 1 unspecified atom stereocenters. The largest absolute Gasteiger partial charge is 0.412 e. The zero-order valence-corrected chi connectivity index (χ0v) is 21.3. The summed E-state index contributed by atoms with van der Waals surface area (Å²) in [5.41, 5.74) is 9.42. The lowest BCUT2D eigenvalue weighted by Gasteiger charge is -2.25. The summed E-state index contributed by atoms with van der Waals surface area (Å²) in [7, 11) is 0. The lowest BCUT2D eigenvalue weighted by atomic mass is 9.83. The van der Waals surface area contributed by atoms with Gasteiger partial charge >= 0.3 is 0 Å². The Morgan fingerprint density at radius 3 is 1.21 bits per heavy atom. The standard InChI is InChI=1S/C31H49N.H2O/c1-2-3-4-5-6-7-8-9-10-11-12-13-14-15-22-27-30(32)31(28-23-18-16-19-24-28)29-25-20-17-21-26-29;/h16-21,23-26,30-31H,2-15,22,27,32H2,1H3;1H2. The molecule has 2 nitrogen and oxygen atoms in total. The maximum absolute atomic E-state index is 6.74. The van der Waals surface area contributed by atoms with E-state index in [1.54, 1.807) is 0 Å². The van der Waals surface area contributed by atoms with Crippen LogP contribution in [0, 0.1) is 0 Å². The van der Waals surface area contributed by atoms with Crippen LogP contribution in [-0.2, 0) is 0 Å². The van der Waals surface area contributed by atoms with E-state index in [1.807, 2.05) is 0 Å². The van der Waals surface area contributed by atoms with Crippen molar-refractivity contribution in [2.24, 2.45) is 5.73 Å². The average Bonchev–Trinajstić information content (AvgIpc) is 2.83. The van der Waals surface area contributed by atoms with E-state index in [2.05, 4.69) is 67.6 Å². The Labute approximate surface area is 204 Å². The Hall–Kier alpha value is -1.64. The minimum absolute atomic E-state index is 0. The molecule has 33 heavy (non-hydrogen) atoms. The molecule has 4 N–H and O–H groups in total. The van der Waals surface area contributed by atoms with Crippen molar-refractivity contribution in [2.45, 2.75) is 122 Å². The molecule has 0 spiro atoms. The maximum Gasteiger partial charge on any atom is 0.0241 e.